The number of thiophene rings is 2. The van der Waals surface area contributed by atoms with E-state index in [4.69, 9.17) is 9.97 Å². The van der Waals surface area contributed by atoms with Gasteiger partial charge in [0, 0.05) is 57.0 Å². The summed E-state index contributed by atoms with van der Waals surface area (Å²) in [5, 5.41) is 5.21. The van der Waals surface area contributed by atoms with Crippen LogP contribution in [0.25, 0.3) is 119 Å². The van der Waals surface area contributed by atoms with Crippen LogP contribution in [-0.2, 0) is 0 Å². The monoisotopic (exact) mass is 824 g/mol. The van der Waals surface area contributed by atoms with Crippen LogP contribution in [0, 0.1) is 0 Å². The molecule has 290 valence electrons. The second kappa shape index (κ2) is 15.2. The van der Waals surface area contributed by atoms with Crippen LogP contribution in [0.4, 0.5) is 0 Å². The Morgan fingerprint density at radius 2 is 0.661 bits per heavy atom. The van der Waals surface area contributed by atoms with E-state index in [0.29, 0.717) is 5.82 Å². The van der Waals surface area contributed by atoms with Crippen molar-refractivity contribution in [2.45, 2.75) is 0 Å². The van der Waals surface area contributed by atoms with Crippen LogP contribution in [0.15, 0.2) is 218 Å². The van der Waals surface area contributed by atoms with Crippen molar-refractivity contribution < 1.29 is 0 Å². The number of hydrogen-bond acceptors (Lipinski definition) is 4. The first-order valence-corrected chi connectivity index (χ1v) is 22.5. The zero-order valence-electron chi connectivity index (χ0n) is 33.5. The van der Waals surface area contributed by atoms with Crippen molar-refractivity contribution in [1.29, 1.82) is 0 Å². The summed E-state index contributed by atoms with van der Waals surface area (Å²) in [6, 6.07) is 78.5. The first kappa shape index (κ1) is 36.4. The average molecular weight is 825 g/mol. The molecule has 0 aliphatic heterocycles. The highest BCUT2D eigenvalue weighted by Gasteiger charge is 2.16. The van der Waals surface area contributed by atoms with Gasteiger partial charge in [-0.2, -0.15) is 0 Å². The Hall–Kier alpha value is -7.50. The third-order valence-corrected chi connectivity index (χ3v) is 14.4. The third kappa shape index (κ3) is 6.49. The van der Waals surface area contributed by atoms with Gasteiger partial charge in [0.25, 0.3) is 0 Å². The molecular formula is C58H36N2S2. The fraction of sp³-hybridized carbons (Fsp3) is 0. The molecule has 0 amide bonds. The van der Waals surface area contributed by atoms with Crippen molar-refractivity contribution in [3.63, 3.8) is 0 Å². The highest BCUT2D eigenvalue weighted by Crippen LogP contribution is 2.42. The molecule has 0 saturated heterocycles. The Labute approximate surface area is 367 Å². The van der Waals surface area contributed by atoms with Gasteiger partial charge in [-0.15, -0.1) is 22.7 Å². The Balaban J connectivity index is 0.965. The molecule has 3 aromatic heterocycles. The van der Waals surface area contributed by atoms with E-state index in [0.717, 1.165) is 39.2 Å². The van der Waals surface area contributed by atoms with Gasteiger partial charge in [-0.25, -0.2) is 9.97 Å². The Kier molecular flexibility index (Phi) is 8.91. The van der Waals surface area contributed by atoms with Gasteiger partial charge >= 0.3 is 0 Å². The molecule has 12 aromatic rings. The van der Waals surface area contributed by atoms with E-state index < -0.39 is 0 Å². The fourth-order valence-electron chi connectivity index (χ4n) is 8.84. The molecule has 0 atom stereocenters. The van der Waals surface area contributed by atoms with Crippen LogP contribution >= 0.6 is 22.7 Å². The van der Waals surface area contributed by atoms with Crippen molar-refractivity contribution in [1.82, 2.24) is 9.97 Å². The van der Waals surface area contributed by atoms with Crippen LogP contribution in [-0.4, -0.2) is 9.97 Å². The molecular weight excluding hydrogens is 789 g/mol. The molecule has 0 bridgehead atoms. The fourth-order valence-corrected chi connectivity index (χ4v) is 11.3. The van der Waals surface area contributed by atoms with Crippen molar-refractivity contribution >= 4 is 63.0 Å². The van der Waals surface area contributed by atoms with E-state index in [-0.39, 0.29) is 0 Å². The summed E-state index contributed by atoms with van der Waals surface area (Å²) in [4.78, 5) is 10.6. The number of benzene rings is 9. The molecule has 62 heavy (non-hydrogen) atoms. The largest absolute Gasteiger partial charge is 0.228 e. The minimum absolute atomic E-state index is 0.690. The molecule has 3 heterocycles. The first-order valence-electron chi connectivity index (χ1n) is 20.9. The van der Waals surface area contributed by atoms with E-state index in [1.807, 2.05) is 22.7 Å². The lowest BCUT2D eigenvalue weighted by molar-refractivity contribution is 1.18. The standard InChI is InChI=1S/C58H36N2S2/c1-2-13-37(14-3-1)38-29-31-39(32-30-38)52-36-53(44-19-10-18-43(35-44)47-24-12-26-51-49-22-5-7-28-55(49)62-57(47)51)60-58(59-52)45-20-9-16-41(34-45)40-15-8-17-42(33-40)46-23-11-25-50-48-21-4-6-27-54(48)61-56(46)50/h1-36H. The lowest BCUT2D eigenvalue weighted by Gasteiger charge is -2.12. The number of rotatable bonds is 7. The van der Waals surface area contributed by atoms with Gasteiger partial charge < -0.3 is 0 Å². The quantitative estimate of drug-likeness (QED) is 0.160. The van der Waals surface area contributed by atoms with E-state index in [1.54, 1.807) is 0 Å². The molecule has 0 fully saturated rings. The molecule has 2 nitrogen and oxygen atoms in total. The number of fused-ring (bicyclic) bond motifs is 6. The number of nitrogens with zero attached hydrogens (tertiary/aromatic N) is 2. The van der Waals surface area contributed by atoms with Gasteiger partial charge in [-0.1, -0.05) is 182 Å². The average Bonchev–Trinajstić information content (AvgIpc) is 3.93. The number of aromatic nitrogens is 2. The minimum Gasteiger partial charge on any atom is -0.228 e. The Bertz CT molecular complexity index is 3640. The van der Waals surface area contributed by atoms with Gasteiger partial charge in [0.2, 0.25) is 0 Å². The summed E-state index contributed by atoms with van der Waals surface area (Å²) in [7, 11) is 0. The van der Waals surface area contributed by atoms with E-state index >= 15 is 0 Å². The maximum absolute atomic E-state index is 5.34. The van der Waals surface area contributed by atoms with E-state index in [1.165, 1.54) is 73.7 Å². The van der Waals surface area contributed by atoms with E-state index in [2.05, 4.69) is 218 Å². The molecule has 0 radical (unpaired) electrons. The van der Waals surface area contributed by atoms with Gasteiger partial charge in [-0.05, 0) is 80.9 Å². The van der Waals surface area contributed by atoms with Crippen LogP contribution in [0.5, 0.6) is 0 Å². The molecule has 0 aliphatic rings. The molecule has 12 rings (SSSR count). The van der Waals surface area contributed by atoms with Gasteiger partial charge in [0.15, 0.2) is 5.82 Å². The normalized spacial score (nSPS) is 11.5. The molecule has 0 saturated carbocycles. The van der Waals surface area contributed by atoms with Crippen molar-refractivity contribution in [2.24, 2.45) is 0 Å². The second-order valence-corrected chi connectivity index (χ2v) is 17.8. The maximum Gasteiger partial charge on any atom is 0.160 e. The van der Waals surface area contributed by atoms with Gasteiger partial charge in [-0.3, -0.25) is 0 Å². The van der Waals surface area contributed by atoms with Gasteiger partial charge in [0.05, 0.1) is 11.4 Å². The molecule has 4 heteroatoms. The SMILES string of the molecule is c1ccc(-c2ccc(-c3cc(-c4cccc(-c5cccc6c5sc5ccccc56)c4)nc(-c4cccc(-c5cccc(-c6cccc7c6sc6ccccc67)c5)c4)n3)cc2)cc1. The minimum atomic E-state index is 0.690. The van der Waals surface area contributed by atoms with Crippen LogP contribution in [0.3, 0.4) is 0 Å². The summed E-state index contributed by atoms with van der Waals surface area (Å²) in [5.74, 6) is 0.690. The lowest BCUT2D eigenvalue weighted by atomic mass is 9.96. The summed E-state index contributed by atoms with van der Waals surface area (Å²) in [5.41, 5.74) is 14.3. The molecule has 9 aromatic carbocycles. The van der Waals surface area contributed by atoms with Crippen molar-refractivity contribution in [3.05, 3.63) is 218 Å². The zero-order valence-corrected chi connectivity index (χ0v) is 35.1. The smallest absolute Gasteiger partial charge is 0.160 e. The molecule has 0 N–H and O–H groups in total. The lowest BCUT2D eigenvalue weighted by Crippen LogP contribution is -1.96. The first-order chi connectivity index (χ1) is 30.7. The Morgan fingerprint density at radius 1 is 0.258 bits per heavy atom. The van der Waals surface area contributed by atoms with Crippen LogP contribution < -0.4 is 0 Å². The highest BCUT2D eigenvalue weighted by molar-refractivity contribution is 7.26. The second-order valence-electron chi connectivity index (χ2n) is 15.7. The summed E-state index contributed by atoms with van der Waals surface area (Å²) in [6.45, 7) is 0. The summed E-state index contributed by atoms with van der Waals surface area (Å²) >= 11 is 3.73. The summed E-state index contributed by atoms with van der Waals surface area (Å²) in [6.07, 6.45) is 0. The number of hydrogen-bond donors (Lipinski definition) is 0. The predicted octanol–water partition coefficient (Wildman–Crippen LogP) is 16.9. The van der Waals surface area contributed by atoms with Gasteiger partial charge in [0.1, 0.15) is 0 Å². The molecule has 0 aliphatic carbocycles. The highest BCUT2D eigenvalue weighted by atomic mass is 32.1. The summed E-state index contributed by atoms with van der Waals surface area (Å²) < 4.78 is 5.23. The maximum atomic E-state index is 5.34. The van der Waals surface area contributed by atoms with Crippen LogP contribution in [0.2, 0.25) is 0 Å². The van der Waals surface area contributed by atoms with Crippen molar-refractivity contribution in [3.8, 4) is 78.4 Å². The topological polar surface area (TPSA) is 25.8 Å². The predicted molar refractivity (Wildman–Crippen MR) is 266 cm³/mol. The zero-order chi connectivity index (χ0) is 41.0. The Morgan fingerprint density at radius 3 is 1.27 bits per heavy atom. The van der Waals surface area contributed by atoms with Crippen LogP contribution in [0.1, 0.15) is 0 Å². The molecule has 0 unspecified atom stereocenters. The van der Waals surface area contributed by atoms with Crippen molar-refractivity contribution in [2.75, 3.05) is 0 Å². The van der Waals surface area contributed by atoms with E-state index in [9.17, 15) is 0 Å². The molecule has 0 spiro atoms. The third-order valence-electron chi connectivity index (χ3n) is 11.9.